The average molecular weight is 422 g/mol. The number of ether oxygens (including phenoxy) is 1. The van der Waals surface area contributed by atoms with Crippen LogP contribution in [0.4, 0.5) is 0 Å². The Morgan fingerprint density at radius 3 is 2.23 bits per heavy atom. The molecule has 2 amide bonds. The van der Waals surface area contributed by atoms with Gasteiger partial charge in [0, 0.05) is 12.0 Å². The Hall–Kier alpha value is -3.63. The zero-order chi connectivity index (χ0) is 22.6. The van der Waals surface area contributed by atoms with E-state index in [9.17, 15) is 19.5 Å². The maximum absolute atomic E-state index is 12.8. The molecule has 0 bridgehead atoms. The van der Waals surface area contributed by atoms with Crippen LogP contribution < -0.4 is 10.6 Å². The second-order valence-corrected chi connectivity index (χ2v) is 6.85. The largest absolute Gasteiger partial charge is 0.467 e. The van der Waals surface area contributed by atoms with Crippen molar-refractivity contribution in [1.82, 2.24) is 10.6 Å². The van der Waals surface area contributed by atoms with Crippen LogP contribution in [0.15, 0.2) is 60.7 Å². The minimum Gasteiger partial charge on any atom is -0.467 e. The topological polar surface area (TPSA) is 105 Å². The van der Waals surface area contributed by atoms with Crippen LogP contribution in [0.3, 0.4) is 0 Å². The predicted octanol–water partition coefficient (Wildman–Crippen LogP) is 1.98. The lowest BCUT2D eigenvalue weighted by Gasteiger charge is -2.26. The molecule has 0 saturated carbocycles. The molecule has 0 fully saturated rings. The molecule has 0 spiro atoms. The van der Waals surface area contributed by atoms with Crippen molar-refractivity contribution in [3.05, 3.63) is 71.8 Å². The predicted molar refractivity (Wildman–Crippen MR) is 116 cm³/mol. The quantitative estimate of drug-likeness (QED) is 0.309. The summed E-state index contributed by atoms with van der Waals surface area (Å²) < 4.78 is 4.73. The third-order valence-corrected chi connectivity index (χ3v) is 4.68. The molecule has 0 aliphatic carbocycles. The van der Waals surface area contributed by atoms with Crippen LogP contribution in [0.25, 0.3) is 0 Å². The van der Waals surface area contributed by atoms with E-state index >= 15 is 0 Å². The standard InChI is InChI=1S/C24H26N2O5/c1-3-4-7-16-19(24(30)31-2)25-23(29)21(27)20(17-12-8-5-9-13-17)26-22(28)18-14-10-6-11-15-18/h1,5-6,8-15,19-21,27H,4,7,16H2,2H3,(H,25,29)(H,26,28)/t19-,20+,21-/m1/s1. The maximum atomic E-state index is 12.8. The van der Waals surface area contributed by atoms with Crippen LogP contribution in [0.1, 0.15) is 41.2 Å². The fraction of sp³-hybridized carbons (Fsp3) is 0.292. The van der Waals surface area contributed by atoms with E-state index < -0.39 is 36.0 Å². The van der Waals surface area contributed by atoms with Crippen LogP contribution in [-0.4, -0.2) is 42.1 Å². The van der Waals surface area contributed by atoms with Crippen LogP contribution >= 0.6 is 0 Å². The lowest BCUT2D eigenvalue weighted by atomic mass is 9.99. The highest BCUT2D eigenvalue weighted by molar-refractivity contribution is 5.95. The number of aliphatic hydroxyl groups excluding tert-OH is 1. The Bertz CT molecular complexity index is 909. The van der Waals surface area contributed by atoms with E-state index in [-0.39, 0.29) is 6.42 Å². The molecule has 162 valence electrons. The minimum absolute atomic E-state index is 0.266. The first kappa shape index (κ1) is 23.6. The molecule has 0 unspecified atom stereocenters. The molecule has 2 aromatic carbocycles. The van der Waals surface area contributed by atoms with Crippen LogP contribution in [0.2, 0.25) is 0 Å². The molecular formula is C24H26N2O5. The van der Waals surface area contributed by atoms with Crippen molar-refractivity contribution in [2.45, 2.75) is 37.5 Å². The Labute approximate surface area is 181 Å². The van der Waals surface area contributed by atoms with Crippen molar-refractivity contribution in [1.29, 1.82) is 0 Å². The van der Waals surface area contributed by atoms with Gasteiger partial charge in [0.05, 0.1) is 13.2 Å². The summed E-state index contributed by atoms with van der Waals surface area (Å²) in [5, 5.41) is 16.0. The Balaban J connectivity index is 2.20. The number of esters is 1. The number of hydrogen-bond donors (Lipinski definition) is 3. The summed E-state index contributed by atoms with van der Waals surface area (Å²) in [6.07, 6.45) is 4.80. The fourth-order valence-corrected chi connectivity index (χ4v) is 3.03. The molecule has 31 heavy (non-hydrogen) atoms. The van der Waals surface area contributed by atoms with E-state index in [1.807, 2.05) is 0 Å². The smallest absolute Gasteiger partial charge is 0.328 e. The highest BCUT2D eigenvalue weighted by Gasteiger charge is 2.32. The van der Waals surface area contributed by atoms with E-state index in [2.05, 4.69) is 16.6 Å². The lowest BCUT2D eigenvalue weighted by Crippen LogP contribution is -2.50. The number of carbonyl (C=O) groups is 3. The van der Waals surface area contributed by atoms with Gasteiger partial charge in [-0.05, 0) is 30.5 Å². The number of rotatable bonds is 10. The van der Waals surface area contributed by atoms with Crippen molar-refractivity contribution in [3.63, 3.8) is 0 Å². The van der Waals surface area contributed by atoms with Crippen LogP contribution in [0.5, 0.6) is 0 Å². The summed E-state index contributed by atoms with van der Waals surface area (Å²) in [5.74, 6) is 0.583. The van der Waals surface area contributed by atoms with Crippen molar-refractivity contribution < 1.29 is 24.2 Å². The van der Waals surface area contributed by atoms with E-state index in [1.54, 1.807) is 60.7 Å². The van der Waals surface area contributed by atoms with Gasteiger partial charge in [-0.15, -0.1) is 12.3 Å². The van der Waals surface area contributed by atoms with Gasteiger partial charge < -0.3 is 20.5 Å². The number of benzene rings is 2. The van der Waals surface area contributed by atoms with Gasteiger partial charge in [0.15, 0.2) is 6.10 Å². The molecule has 0 radical (unpaired) electrons. The molecule has 0 aromatic heterocycles. The Morgan fingerprint density at radius 2 is 1.65 bits per heavy atom. The monoisotopic (exact) mass is 422 g/mol. The molecule has 3 atom stereocenters. The third kappa shape index (κ3) is 6.98. The van der Waals surface area contributed by atoms with E-state index in [0.29, 0.717) is 24.0 Å². The SMILES string of the molecule is C#CCCC[C@@H](NC(=O)[C@H](O)[C@@H](NC(=O)c1ccccc1)c1ccccc1)C(=O)OC. The number of terminal acetylenes is 1. The second kappa shape index (κ2) is 12.2. The molecule has 0 aliphatic rings. The lowest BCUT2D eigenvalue weighted by molar-refractivity contribution is -0.146. The zero-order valence-corrected chi connectivity index (χ0v) is 17.3. The van der Waals surface area contributed by atoms with Crippen molar-refractivity contribution in [3.8, 4) is 12.3 Å². The number of carbonyl (C=O) groups excluding carboxylic acids is 3. The van der Waals surface area contributed by atoms with Gasteiger partial charge in [-0.25, -0.2) is 4.79 Å². The highest BCUT2D eigenvalue weighted by Crippen LogP contribution is 2.19. The van der Waals surface area contributed by atoms with Gasteiger partial charge >= 0.3 is 5.97 Å². The first-order valence-corrected chi connectivity index (χ1v) is 9.88. The van der Waals surface area contributed by atoms with Gasteiger partial charge in [0.1, 0.15) is 6.04 Å². The first-order valence-electron chi connectivity index (χ1n) is 9.88. The number of methoxy groups -OCH3 is 1. The maximum Gasteiger partial charge on any atom is 0.328 e. The van der Waals surface area contributed by atoms with Gasteiger partial charge in [0.2, 0.25) is 0 Å². The molecule has 0 saturated heterocycles. The van der Waals surface area contributed by atoms with Gasteiger partial charge in [-0.3, -0.25) is 9.59 Å². The summed E-state index contributed by atoms with van der Waals surface area (Å²) >= 11 is 0. The average Bonchev–Trinajstić information content (AvgIpc) is 2.81. The fourth-order valence-electron chi connectivity index (χ4n) is 3.03. The van der Waals surface area contributed by atoms with Gasteiger partial charge in [-0.1, -0.05) is 48.5 Å². The zero-order valence-electron chi connectivity index (χ0n) is 17.3. The van der Waals surface area contributed by atoms with Gasteiger partial charge in [-0.2, -0.15) is 0 Å². The number of aliphatic hydroxyl groups is 1. The number of hydrogen-bond acceptors (Lipinski definition) is 5. The number of amides is 2. The molecular weight excluding hydrogens is 396 g/mol. The Morgan fingerprint density at radius 1 is 1.03 bits per heavy atom. The van der Waals surface area contributed by atoms with Crippen LogP contribution in [0, 0.1) is 12.3 Å². The first-order chi connectivity index (χ1) is 15.0. The summed E-state index contributed by atoms with van der Waals surface area (Å²) in [6.45, 7) is 0. The van der Waals surface area contributed by atoms with Gasteiger partial charge in [0.25, 0.3) is 11.8 Å². The number of nitrogens with one attached hydrogen (secondary N) is 2. The normalized spacial score (nSPS) is 13.2. The van der Waals surface area contributed by atoms with Crippen LogP contribution in [-0.2, 0) is 14.3 Å². The Kier molecular flexibility index (Phi) is 9.27. The summed E-state index contributed by atoms with van der Waals surface area (Å²) in [4.78, 5) is 37.5. The van der Waals surface area contributed by atoms with Crippen molar-refractivity contribution in [2.75, 3.05) is 7.11 Å². The molecule has 7 heteroatoms. The molecule has 2 rings (SSSR count). The molecule has 3 N–H and O–H groups in total. The molecule has 7 nitrogen and oxygen atoms in total. The summed E-state index contributed by atoms with van der Waals surface area (Å²) in [6, 6.07) is 15.1. The molecule has 2 aromatic rings. The van der Waals surface area contributed by atoms with Crippen molar-refractivity contribution in [2.24, 2.45) is 0 Å². The minimum atomic E-state index is -1.64. The van der Waals surface area contributed by atoms with E-state index in [0.717, 1.165) is 0 Å². The third-order valence-electron chi connectivity index (χ3n) is 4.68. The molecule has 0 aliphatic heterocycles. The summed E-state index contributed by atoms with van der Waals surface area (Å²) in [5.41, 5.74) is 0.925. The van der Waals surface area contributed by atoms with Crippen molar-refractivity contribution >= 4 is 17.8 Å². The number of unbranched alkanes of at least 4 members (excludes halogenated alkanes) is 1. The summed E-state index contributed by atoms with van der Waals surface area (Å²) in [7, 11) is 1.21. The second-order valence-electron chi connectivity index (χ2n) is 6.85. The molecule has 0 heterocycles. The van der Waals surface area contributed by atoms with E-state index in [4.69, 9.17) is 11.2 Å². The van der Waals surface area contributed by atoms with E-state index in [1.165, 1.54) is 7.11 Å². The highest BCUT2D eigenvalue weighted by atomic mass is 16.5.